The number of guanidine groups is 1. The number of carbonyl (C=O) groups excluding carboxylic acids is 1. The van der Waals surface area contributed by atoms with Crippen molar-refractivity contribution in [1.82, 2.24) is 20.3 Å². The summed E-state index contributed by atoms with van der Waals surface area (Å²) >= 11 is 0. The van der Waals surface area contributed by atoms with E-state index < -0.39 is 5.91 Å². The molecular weight excluding hydrogens is 423 g/mol. The van der Waals surface area contributed by atoms with Gasteiger partial charge in [-0.25, -0.2) is 14.4 Å². The van der Waals surface area contributed by atoms with Crippen LogP contribution in [0.15, 0.2) is 64.3 Å². The number of aromatic nitrogens is 3. The maximum Gasteiger partial charge on any atom is 0.250 e. The van der Waals surface area contributed by atoms with Crippen molar-refractivity contribution in [3.63, 3.8) is 0 Å². The summed E-state index contributed by atoms with van der Waals surface area (Å²) in [5.41, 5.74) is 3.36. The summed E-state index contributed by atoms with van der Waals surface area (Å²) in [6, 6.07) is 9.94. The number of nitrogens with one attached hydrogen (secondary N) is 3. The van der Waals surface area contributed by atoms with E-state index in [0.717, 1.165) is 27.9 Å². The minimum Gasteiger partial charge on any atom is -0.465 e. The molecule has 4 rings (SSSR count). The molecule has 0 aliphatic carbocycles. The minimum absolute atomic E-state index is 0.208. The lowest BCUT2D eigenvalue weighted by Gasteiger charge is -2.10. The first-order valence-electron chi connectivity index (χ1n) is 10.4. The number of hydrogen-bond acceptors (Lipinski definition) is 5. The Bertz CT molecular complexity index is 1300. The number of aliphatic imine (C=N–C) groups is 1. The van der Waals surface area contributed by atoms with Gasteiger partial charge in [0.15, 0.2) is 0 Å². The van der Waals surface area contributed by atoms with E-state index in [9.17, 15) is 9.18 Å². The summed E-state index contributed by atoms with van der Waals surface area (Å²) in [6.07, 6.45) is 6.81. The third kappa shape index (κ3) is 5.91. The Morgan fingerprint density at radius 3 is 2.79 bits per heavy atom. The van der Waals surface area contributed by atoms with Crippen LogP contribution in [0.4, 0.5) is 10.3 Å². The van der Waals surface area contributed by atoms with E-state index >= 15 is 0 Å². The van der Waals surface area contributed by atoms with E-state index in [-0.39, 0.29) is 11.8 Å². The second-order valence-corrected chi connectivity index (χ2v) is 7.42. The number of fused-ring (bicyclic) bond motifs is 1. The lowest BCUT2D eigenvalue weighted by molar-refractivity contribution is -0.115. The van der Waals surface area contributed by atoms with E-state index in [1.54, 1.807) is 24.3 Å². The molecular formula is C24H23FN6O2. The molecule has 0 saturated carbocycles. The van der Waals surface area contributed by atoms with Gasteiger partial charge in [-0.15, -0.1) is 0 Å². The number of H-pyrrole nitrogens is 1. The van der Waals surface area contributed by atoms with Crippen LogP contribution in [0.1, 0.15) is 22.7 Å². The molecule has 3 N–H and O–H groups in total. The summed E-state index contributed by atoms with van der Waals surface area (Å²) in [6.45, 7) is 4.06. The molecule has 3 heterocycles. The van der Waals surface area contributed by atoms with E-state index in [4.69, 9.17) is 4.42 Å². The number of hydrogen-bond donors (Lipinski definition) is 3. The monoisotopic (exact) mass is 446 g/mol. The van der Waals surface area contributed by atoms with Crippen molar-refractivity contribution in [3.8, 4) is 0 Å². The SMILES string of the molecule is Cc1cc(C)nc(NC(=NCCc2c[nH]c3ccc(F)cc23)NC(=O)/C=C/c2ccco2)n1. The first kappa shape index (κ1) is 21.9. The van der Waals surface area contributed by atoms with E-state index in [2.05, 4.69) is 30.6 Å². The smallest absolute Gasteiger partial charge is 0.250 e. The number of anilines is 1. The highest BCUT2D eigenvalue weighted by molar-refractivity contribution is 6.08. The molecule has 0 bridgehead atoms. The zero-order valence-electron chi connectivity index (χ0n) is 18.2. The number of amides is 1. The summed E-state index contributed by atoms with van der Waals surface area (Å²) in [5.74, 6) is 0.407. The van der Waals surface area contributed by atoms with Gasteiger partial charge in [-0.1, -0.05) is 0 Å². The van der Waals surface area contributed by atoms with E-state index in [1.165, 1.54) is 24.5 Å². The Labute approximate surface area is 189 Å². The van der Waals surface area contributed by atoms with Crippen LogP contribution in [-0.4, -0.2) is 33.4 Å². The largest absolute Gasteiger partial charge is 0.465 e. The molecule has 0 unspecified atom stereocenters. The number of rotatable bonds is 6. The van der Waals surface area contributed by atoms with Crippen molar-refractivity contribution in [2.24, 2.45) is 4.99 Å². The standard InChI is InChI=1S/C24H23FN6O2/c1-15-12-16(2)29-24(28-15)31-23(30-22(32)8-6-19-4-3-11-33-19)26-10-9-17-14-27-21-7-5-18(25)13-20(17)21/h3-8,11-14,27H,9-10H2,1-2H3,(H2,26,28,29,30,31,32)/b8-6+. The molecule has 0 saturated heterocycles. The number of carbonyl (C=O) groups is 1. The molecule has 8 nitrogen and oxygen atoms in total. The Kier molecular flexibility index (Phi) is 6.58. The van der Waals surface area contributed by atoms with Crippen molar-refractivity contribution < 1.29 is 13.6 Å². The first-order chi connectivity index (χ1) is 16.0. The minimum atomic E-state index is -0.392. The Morgan fingerprint density at radius 2 is 2.03 bits per heavy atom. The van der Waals surface area contributed by atoms with Crippen molar-refractivity contribution in [3.05, 3.63) is 83.5 Å². The highest BCUT2D eigenvalue weighted by atomic mass is 19.1. The van der Waals surface area contributed by atoms with Gasteiger partial charge in [0.1, 0.15) is 11.6 Å². The predicted molar refractivity (Wildman–Crippen MR) is 125 cm³/mol. The predicted octanol–water partition coefficient (Wildman–Crippen LogP) is 4.15. The van der Waals surface area contributed by atoms with Crippen molar-refractivity contribution in [2.45, 2.75) is 20.3 Å². The summed E-state index contributed by atoms with van der Waals surface area (Å²) in [7, 11) is 0. The number of aromatic amines is 1. The molecule has 0 fully saturated rings. The molecule has 0 atom stereocenters. The molecule has 4 aromatic rings. The average molecular weight is 446 g/mol. The maximum atomic E-state index is 13.6. The zero-order chi connectivity index (χ0) is 23.2. The Morgan fingerprint density at radius 1 is 1.21 bits per heavy atom. The number of halogens is 1. The van der Waals surface area contributed by atoms with Gasteiger partial charge in [0.25, 0.3) is 5.91 Å². The highest BCUT2D eigenvalue weighted by Gasteiger charge is 2.09. The molecule has 9 heteroatoms. The van der Waals surface area contributed by atoms with Gasteiger partial charge in [-0.3, -0.25) is 20.4 Å². The molecule has 0 spiro atoms. The van der Waals surface area contributed by atoms with Crippen LogP contribution in [0.2, 0.25) is 0 Å². The number of nitrogens with zero attached hydrogens (tertiary/aromatic N) is 3. The second kappa shape index (κ2) is 9.90. The molecule has 3 aromatic heterocycles. The van der Waals surface area contributed by atoms with Crippen LogP contribution in [0.5, 0.6) is 0 Å². The topological polar surface area (TPSA) is 108 Å². The zero-order valence-corrected chi connectivity index (χ0v) is 18.2. The third-order valence-corrected chi connectivity index (χ3v) is 4.78. The summed E-state index contributed by atoms with van der Waals surface area (Å²) in [5, 5.41) is 6.51. The van der Waals surface area contributed by atoms with Crippen LogP contribution < -0.4 is 10.6 Å². The summed E-state index contributed by atoms with van der Waals surface area (Å²) < 4.78 is 18.8. The van der Waals surface area contributed by atoms with Crippen LogP contribution in [0.25, 0.3) is 17.0 Å². The van der Waals surface area contributed by atoms with Gasteiger partial charge in [0, 0.05) is 41.1 Å². The molecule has 0 aliphatic heterocycles. The van der Waals surface area contributed by atoms with Crippen molar-refractivity contribution >= 4 is 34.8 Å². The summed E-state index contributed by atoms with van der Waals surface area (Å²) in [4.78, 5) is 28.7. The highest BCUT2D eigenvalue weighted by Crippen LogP contribution is 2.19. The van der Waals surface area contributed by atoms with Gasteiger partial charge in [0.2, 0.25) is 11.9 Å². The molecule has 0 radical (unpaired) electrons. The second-order valence-electron chi connectivity index (χ2n) is 7.42. The normalized spacial score (nSPS) is 11.9. The number of furan rings is 1. The Balaban J connectivity index is 1.50. The van der Waals surface area contributed by atoms with E-state index in [1.807, 2.05) is 26.1 Å². The van der Waals surface area contributed by atoms with Crippen molar-refractivity contribution in [1.29, 1.82) is 0 Å². The van der Waals surface area contributed by atoms with Gasteiger partial charge >= 0.3 is 0 Å². The maximum absolute atomic E-state index is 13.6. The lowest BCUT2D eigenvalue weighted by atomic mass is 10.1. The van der Waals surface area contributed by atoms with Crippen LogP contribution in [0.3, 0.4) is 0 Å². The fraction of sp³-hybridized carbons (Fsp3) is 0.167. The molecule has 168 valence electrons. The fourth-order valence-corrected chi connectivity index (χ4v) is 3.35. The van der Waals surface area contributed by atoms with Gasteiger partial charge < -0.3 is 9.40 Å². The number of aryl methyl sites for hydroxylation is 2. The van der Waals surface area contributed by atoms with Gasteiger partial charge in [-0.05, 0) is 68.3 Å². The fourth-order valence-electron chi connectivity index (χ4n) is 3.35. The van der Waals surface area contributed by atoms with Crippen LogP contribution >= 0.6 is 0 Å². The van der Waals surface area contributed by atoms with Crippen molar-refractivity contribution in [2.75, 3.05) is 11.9 Å². The molecule has 33 heavy (non-hydrogen) atoms. The first-order valence-corrected chi connectivity index (χ1v) is 10.4. The average Bonchev–Trinajstić information content (AvgIpc) is 3.41. The molecule has 1 aromatic carbocycles. The quantitative estimate of drug-likeness (QED) is 0.234. The van der Waals surface area contributed by atoms with Gasteiger partial charge in [0.05, 0.1) is 6.26 Å². The Hall–Kier alpha value is -4.27. The molecule has 1 amide bonds. The van der Waals surface area contributed by atoms with Crippen LogP contribution in [-0.2, 0) is 11.2 Å². The third-order valence-electron chi connectivity index (χ3n) is 4.78. The van der Waals surface area contributed by atoms with Gasteiger partial charge in [-0.2, -0.15) is 0 Å². The van der Waals surface area contributed by atoms with Crippen LogP contribution in [0, 0.1) is 19.7 Å². The van der Waals surface area contributed by atoms with E-state index in [0.29, 0.717) is 24.7 Å². The number of benzene rings is 1. The lowest BCUT2D eigenvalue weighted by Crippen LogP contribution is -2.35. The molecule has 0 aliphatic rings.